The zero-order valence-electron chi connectivity index (χ0n) is 19.3. The predicted octanol–water partition coefficient (Wildman–Crippen LogP) is 2.86. The molecule has 0 radical (unpaired) electrons. The summed E-state index contributed by atoms with van der Waals surface area (Å²) in [4.78, 5) is 23.8. The molecule has 2 aromatic carbocycles. The summed E-state index contributed by atoms with van der Waals surface area (Å²) in [5.41, 5.74) is 1.43. The van der Waals surface area contributed by atoms with Crippen LogP contribution in [0.15, 0.2) is 42.5 Å². The minimum atomic E-state index is -0.825. The highest BCUT2D eigenvalue weighted by Crippen LogP contribution is 2.25. The molecule has 3 aromatic rings. The predicted molar refractivity (Wildman–Crippen MR) is 127 cm³/mol. The molecule has 1 fully saturated rings. The van der Waals surface area contributed by atoms with Gasteiger partial charge in [-0.25, -0.2) is 14.4 Å². The molecular weight excluding hydrogens is 439 g/mol. The molecule has 1 aliphatic heterocycles. The van der Waals surface area contributed by atoms with Gasteiger partial charge in [-0.05, 0) is 50.1 Å². The second kappa shape index (κ2) is 10.6. The number of benzene rings is 2. The lowest BCUT2D eigenvalue weighted by atomic mass is 9.96. The van der Waals surface area contributed by atoms with Crippen LogP contribution in [0.2, 0.25) is 0 Å². The molecule has 0 aliphatic carbocycles. The maximum atomic E-state index is 13.5. The van der Waals surface area contributed by atoms with Crippen LogP contribution in [-0.2, 0) is 4.79 Å². The number of nitrogens with zero attached hydrogens (tertiary/aromatic N) is 3. The monoisotopic (exact) mass is 468 g/mol. The van der Waals surface area contributed by atoms with E-state index in [0.29, 0.717) is 54.3 Å². The van der Waals surface area contributed by atoms with E-state index in [2.05, 4.69) is 20.2 Å². The van der Waals surface area contributed by atoms with E-state index >= 15 is 0 Å². The lowest BCUT2D eigenvalue weighted by molar-refractivity contribution is -0.126. The molecule has 0 spiro atoms. The van der Waals surface area contributed by atoms with Crippen molar-refractivity contribution in [2.45, 2.75) is 25.9 Å². The minimum Gasteiger partial charge on any atom is -0.497 e. The number of halogens is 1. The first-order chi connectivity index (χ1) is 16.4. The zero-order valence-corrected chi connectivity index (χ0v) is 19.3. The van der Waals surface area contributed by atoms with Crippen LogP contribution in [0.5, 0.6) is 11.5 Å². The van der Waals surface area contributed by atoms with E-state index in [9.17, 15) is 14.3 Å². The summed E-state index contributed by atoms with van der Waals surface area (Å²) in [7, 11) is 1.58. The van der Waals surface area contributed by atoms with E-state index in [1.165, 1.54) is 12.1 Å². The van der Waals surface area contributed by atoms with Gasteiger partial charge in [-0.15, -0.1) is 0 Å². The number of aliphatic hydroxyl groups is 1. The van der Waals surface area contributed by atoms with Crippen LogP contribution in [-0.4, -0.2) is 60.4 Å². The van der Waals surface area contributed by atoms with Gasteiger partial charge in [0.05, 0.1) is 18.3 Å². The first-order valence-corrected chi connectivity index (χ1v) is 11.3. The minimum absolute atomic E-state index is 0.0639. The van der Waals surface area contributed by atoms with Crippen molar-refractivity contribution in [3.8, 4) is 11.5 Å². The fourth-order valence-electron chi connectivity index (χ4n) is 4.03. The molecule has 1 amide bonds. The van der Waals surface area contributed by atoms with Crippen molar-refractivity contribution in [2.75, 3.05) is 38.3 Å². The van der Waals surface area contributed by atoms with Crippen LogP contribution in [0.1, 0.15) is 18.5 Å². The second-order valence-electron chi connectivity index (χ2n) is 8.42. The molecule has 180 valence electrons. The van der Waals surface area contributed by atoms with E-state index in [4.69, 9.17) is 9.47 Å². The maximum Gasteiger partial charge on any atom is 0.226 e. The molecule has 4 rings (SSSR count). The van der Waals surface area contributed by atoms with Gasteiger partial charge in [0, 0.05) is 37.0 Å². The number of amides is 1. The summed E-state index contributed by atoms with van der Waals surface area (Å²) >= 11 is 0. The summed E-state index contributed by atoms with van der Waals surface area (Å²) in [5, 5.41) is 13.7. The molecule has 1 aromatic heterocycles. The van der Waals surface area contributed by atoms with E-state index in [-0.39, 0.29) is 30.8 Å². The van der Waals surface area contributed by atoms with Crippen molar-refractivity contribution in [1.29, 1.82) is 0 Å². The molecule has 1 atom stereocenters. The van der Waals surface area contributed by atoms with Gasteiger partial charge in [0.25, 0.3) is 0 Å². The molecule has 1 saturated heterocycles. The summed E-state index contributed by atoms with van der Waals surface area (Å²) < 4.78 is 24.2. The Labute approximate surface area is 197 Å². The molecule has 2 heterocycles. The quantitative estimate of drug-likeness (QED) is 0.525. The Bertz CT molecular complexity index is 1150. The third kappa shape index (κ3) is 5.72. The fraction of sp³-hybridized carbons (Fsp3) is 0.400. The number of anilines is 1. The Hall–Kier alpha value is -3.46. The highest BCUT2D eigenvalue weighted by atomic mass is 19.1. The number of rotatable bonds is 8. The van der Waals surface area contributed by atoms with Crippen molar-refractivity contribution in [1.82, 2.24) is 15.3 Å². The van der Waals surface area contributed by atoms with Gasteiger partial charge < -0.3 is 24.8 Å². The number of hydrogen-bond donors (Lipinski definition) is 2. The van der Waals surface area contributed by atoms with Crippen molar-refractivity contribution in [3.63, 3.8) is 0 Å². The topological polar surface area (TPSA) is 96.8 Å². The molecular formula is C25H29FN4O4. The highest BCUT2D eigenvalue weighted by Gasteiger charge is 2.27. The summed E-state index contributed by atoms with van der Waals surface area (Å²) in [6.07, 6.45) is 0.493. The standard InChI is InChI=1S/C25H29FN4O4/c1-16-22-12-18(26)6-7-23(22)29-25(28-16)30-10-8-17(9-11-30)24(32)27-14-19(31)15-34-21-5-3-4-20(13-21)33-2/h3-7,12-13,17,19,31H,8-11,14-15H2,1-2H3,(H,27,32). The third-order valence-corrected chi connectivity index (χ3v) is 5.98. The van der Waals surface area contributed by atoms with Gasteiger partial charge in [-0.2, -0.15) is 0 Å². The number of fused-ring (bicyclic) bond motifs is 1. The molecule has 8 nitrogen and oxygen atoms in total. The number of ether oxygens (including phenoxy) is 2. The zero-order chi connectivity index (χ0) is 24.1. The molecule has 34 heavy (non-hydrogen) atoms. The number of methoxy groups -OCH3 is 1. The number of aromatic nitrogens is 2. The summed E-state index contributed by atoms with van der Waals surface area (Å²) in [6.45, 7) is 3.31. The van der Waals surface area contributed by atoms with Gasteiger partial charge in [0.2, 0.25) is 11.9 Å². The number of hydrogen-bond acceptors (Lipinski definition) is 7. The van der Waals surface area contributed by atoms with Crippen LogP contribution in [0.25, 0.3) is 10.9 Å². The Morgan fingerprint density at radius 3 is 2.74 bits per heavy atom. The number of piperidine rings is 1. The average Bonchev–Trinajstić information content (AvgIpc) is 2.86. The Kier molecular flexibility index (Phi) is 7.42. The first-order valence-electron chi connectivity index (χ1n) is 11.3. The van der Waals surface area contributed by atoms with E-state index in [0.717, 1.165) is 5.69 Å². The van der Waals surface area contributed by atoms with Gasteiger partial charge in [-0.1, -0.05) is 6.07 Å². The number of nitrogens with one attached hydrogen (secondary N) is 1. The van der Waals surface area contributed by atoms with Gasteiger partial charge in [0.15, 0.2) is 0 Å². The number of carbonyl (C=O) groups is 1. The average molecular weight is 469 g/mol. The number of aryl methyl sites for hydroxylation is 1. The Balaban J connectivity index is 1.24. The smallest absolute Gasteiger partial charge is 0.226 e. The molecule has 2 N–H and O–H groups in total. The van der Waals surface area contributed by atoms with Crippen molar-refractivity contribution < 1.29 is 23.8 Å². The largest absolute Gasteiger partial charge is 0.497 e. The normalized spacial score (nSPS) is 15.2. The van der Waals surface area contributed by atoms with Gasteiger partial charge in [-0.3, -0.25) is 4.79 Å². The molecule has 1 aliphatic rings. The lowest BCUT2D eigenvalue weighted by Crippen LogP contribution is -2.43. The van der Waals surface area contributed by atoms with Crippen LogP contribution >= 0.6 is 0 Å². The van der Waals surface area contributed by atoms with Crippen LogP contribution in [0.4, 0.5) is 10.3 Å². The van der Waals surface area contributed by atoms with Crippen LogP contribution in [0.3, 0.4) is 0 Å². The summed E-state index contributed by atoms with van der Waals surface area (Å²) in [6, 6.07) is 11.6. The Morgan fingerprint density at radius 1 is 1.21 bits per heavy atom. The van der Waals surface area contributed by atoms with Gasteiger partial charge >= 0.3 is 0 Å². The van der Waals surface area contributed by atoms with Crippen molar-refractivity contribution >= 4 is 22.8 Å². The molecule has 0 bridgehead atoms. The third-order valence-electron chi connectivity index (χ3n) is 5.98. The molecule has 1 unspecified atom stereocenters. The van der Waals surface area contributed by atoms with E-state index in [1.54, 1.807) is 31.4 Å². The molecule has 9 heteroatoms. The fourth-order valence-corrected chi connectivity index (χ4v) is 4.03. The van der Waals surface area contributed by atoms with Gasteiger partial charge in [0.1, 0.15) is 30.0 Å². The van der Waals surface area contributed by atoms with Crippen LogP contribution < -0.4 is 19.7 Å². The van der Waals surface area contributed by atoms with Crippen molar-refractivity contribution in [3.05, 3.63) is 54.0 Å². The first kappa shape index (κ1) is 23.7. The number of carbonyl (C=O) groups excluding carboxylic acids is 1. The SMILES string of the molecule is COc1cccc(OCC(O)CNC(=O)C2CCN(c3nc(C)c4cc(F)ccc4n3)CC2)c1. The number of aliphatic hydroxyl groups excluding tert-OH is 1. The van der Waals surface area contributed by atoms with E-state index in [1.807, 2.05) is 13.0 Å². The second-order valence-corrected chi connectivity index (χ2v) is 8.42. The van der Waals surface area contributed by atoms with Crippen molar-refractivity contribution in [2.24, 2.45) is 5.92 Å². The van der Waals surface area contributed by atoms with Crippen LogP contribution in [0, 0.1) is 18.7 Å². The maximum absolute atomic E-state index is 13.5. The Morgan fingerprint density at radius 2 is 1.97 bits per heavy atom. The highest BCUT2D eigenvalue weighted by molar-refractivity contribution is 5.82. The molecule has 0 saturated carbocycles. The van der Waals surface area contributed by atoms with E-state index < -0.39 is 6.10 Å². The lowest BCUT2D eigenvalue weighted by Gasteiger charge is -2.31. The summed E-state index contributed by atoms with van der Waals surface area (Å²) in [5.74, 6) is 1.33.